The Labute approximate surface area is 393 Å². The standard InChI is InChI=1S/C65H41NO2/c1-4-18-42(19-5-1)45-22-16-27-49(39-45)66(50-36-37-52-51-28-12-14-30-55(51)65(56(52)40-50,47-23-6-2-7-24-47)48-25-8-3-9-26-48)57-31-17-33-59-62(57)54-41-60-63(53-29-13-15-32-58(53)67-60)61(64(54)68-59)46-35-34-43-20-10-11-21-44(43)38-46/h1-41H. The highest BCUT2D eigenvalue weighted by Crippen LogP contribution is 2.58. The van der Waals surface area contributed by atoms with Crippen LogP contribution in [-0.4, -0.2) is 0 Å². The van der Waals surface area contributed by atoms with Gasteiger partial charge in [-0.2, -0.15) is 0 Å². The first-order valence-electron chi connectivity index (χ1n) is 23.3. The quantitative estimate of drug-likeness (QED) is 0.160. The summed E-state index contributed by atoms with van der Waals surface area (Å²) in [6.45, 7) is 0. The van der Waals surface area contributed by atoms with E-state index in [4.69, 9.17) is 8.83 Å². The van der Waals surface area contributed by atoms with E-state index >= 15 is 0 Å². The van der Waals surface area contributed by atoms with Crippen LogP contribution in [0.5, 0.6) is 0 Å². The Hall–Kier alpha value is -8.92. The molecule has 0 radical (unpaired) electrons. The third-order valence-electron chi connectivity index (χ3n) is 14.3. The molecule has 0 N–H and O–H groups in total. The Balaban J connectivity index is 1.08. The van der Waals surface area contributed by atoms with Crippen molar-refractivity contribution < 1.29 is 8.83 Å². The number of fused-ring (bicyclic) bond motifs is 10. The van der Waals surface area contributed by atoms with E-state index < -0.39 is 5.41 Å². The average molecular weight is 868 g/mol. The number of nitrogens with zero attached hydrogens (tertiary/aromatic N) is 1. The van der Waals surface area contributed by atoms with Crippen LogP contribution >= 0.6 is 0 Å². The third kappa shape index (κ3) is 5.66. The molecule has 3 nitrogen and oxygen atoms in total. The van der Waals surface area contributed by atoms with E-state index in [0.29, 0.717) is 0 Å². The van der Waals surface area contributed by atoms with E-state index in [1.807, 2.05) is 6.07 Å². The highest BCUT2D eigenvalue weighted by atomic mass is 16.3. The fraction of sp³-hybridized carbons (Fsp3) is 0.0154. The van der Waals surface area contributed by atoms with Gasteiger partial charge in [0.05, 0.1) is 16.5 Å². The van der Waals surface area contributed by atoms with E-state index in [1.54, 1.807) is 0 Å². The molecule has 14 rings (SSSR count). The third-order valence-corrected chi connectivity index (χ3v) is 14.3. The first kappa shape index (κ1) is 38.4. The molecule has 0 atom stereocenters. The topological polar surface area (TPSA) is 29.5 Å². The van der Waals surface area contributed by atoms with Gasteiger partial charge < -0.3 is 13.7 Å². The second-order valence-corrected chi connectivity index (χ2v) is 17.9. The molecule has 2 aromatic heterocycles. The summed E-state index contributed by atoms with van der Waals surface area (Å²) in [5.41, 5.74) is 17.7. The maximum absolute atomic E-state index is 7.23. The molecule has 2 heterocycles. The van der Waals surface area contributed by atoms with Gasteiger partial charge in [0, 0.05) is 33.1 Å². The lowest BCUT2D eigenvalue weighted by molar-refractivity contribution is 0.664. The van der Waals surface area contributed by atoms with E-state index in [9.17, 15) is 0 Å². The number of anilines is 3. The van der Waals surface area contributed by atoms with Crippen LogP contribution in [0.15, 0.2) is 258 Å². The van der Waals surface area contributed by atoms with Crippen molar-refractivity contribution in [1.29, 1.82) is 0 Å². The molecule has 0 spiro atoms. The molecule has 0 amide bonds. The molecule has 1 aliphatic carbocycles. The smallest absolute Gasteiger partial charge is 0.144 e. The monoisotopic (exact) mass is 867 g/mol. The van der Waals surface area contributed by atoms with Crippen LogP contribution in [0.1, 0.15) is 22.3 Å². The summed E-state index contributed by atoms with van der Waals surface area (Å²) in [4.78, 5) is 2.44. The zero-order valence-corrected chi connectivity index (χ0v) is 36.9. The van der Waals surface area contributed by atoms with Gasteiger partial charge in [-0.3, -0.25) is 0 Å². The minimum Gasteiger partial charge on any atom is -0.456 e. The number of benzene rings is 11. The Morgan fingerprint density at radius 1 is 0.338 bits per heavy atom. The summed E-state index contributed by atoms with van der Waals surface area (Å²) in [5.74, 6) is 0. The molecule has 1 aliphatic rings. The van der Waals surface area contributed by atoms with Gasteiger partial charge in [0.15, 0.2) is 0 Å². The number of furan rings is 2. The summed E-state index contributed by atoms with van der Waals surface area (Å²) in [7, 11) is 0. The van der Waals surface area contributed by atoms with Crippen molar-refractivity contribution in [2.75, 3.05) is 4.90 Å². The van der Waals surface area contributed by atoms with Crippen molar-refractivity contribution in [2.45, 2.75) is 5.41 Å². The van der Waals surface area contributed by atoms with Crippen molar-refractivity contribution in [3.05, 3.63) is 271 Å². The zero-order chi connectivity index (χ0) is 44.8. The fourth-order valence-corrected chi connectivity index (χ4v) is 11.4. The van der Waals surface area contributed by atoms with Crippen LogP contribution in [0, 0.1) is 0 Å². The molecule has 0 saturated carbocycles. The Morgan fingerprint density at radius 3 is 1.81 bits per heavy atom. The maximum Gasteiger partial charge on any atom is 0.144 e. The number of rotatable bonds is 7. The van der Waals surface area contributed by atoms with Crippen molar-refractivity contribution in [2.24, 2.45) is 0 Å². The SMILES string of the molecule is c1ccc(-c2cccc(N(c3ccc4c(c3)C(c3ccccc3)(c3ccccc3)c3ccccc3-4)c3cccc4oc5c(-c6ccc7ccccc7c6)c6c(cc5c34)oc3ccccc36)c2)cc1. The summed E-state index contributed by atoms with van der Waals surface area (Å²) in [6.07, 6.45) is 0. The lowest BCUT2D eigenvalue weighted by atomic mass is 9.67. The number of hydrogen-bond donors (Lipinski definition) is 0. The lowest BCUT2D eigenvalue weighted by Gasteiger charge is -2.35. The first-order chi connectivity index (χ1) is 33.7. The van der Waals surface area contributed by atoms with E-state index in [1.165, 1.54) is 44.2 Å². The van der Waals surface area contributed by atoms with Gasteiger partial charge in [-0.25, -0.2) is 0 Å². The highest BCUT2D eigenvalue weighted by Gasteiger charge is 2.46. The van der Waals surface area contributed by atoms with Gasteiger partial charge in [-0.1, -0.05) is 194 Å². The molecule has 0 fully saturated rings. The molecule has 0 saturated heterocycles. The summed E-state index contributed by atoms with van der Waals surface area (Å²) < 4.78 is 14.0. The van der Waals surface area contributed by atoms with Crippen molar-refractivity contribution in [1.82, 2.24) is 0 Å². The average Bonchev–Trinajstić information content (AvgIpc) is 4.07. The van der Waals surface area contributed by atoms with Gasteiger partial charge in [0.2, 0.25) is 0 Å². The molecule has 0 unspecified atom stereocenters. The van der Waals surface area contributed by atoms with Gasteiger partial charge in [0.1, 0.15) is 22.3 Å². The summed E-state index contributed by atoms with van der Waals surface area (Å²) >= 11 is 0. The van der Waals surface area contributed by atoms with Crippen molar-refractivity contribution >= 4 is 71.7 Å². The van der Waals surface area contributed by atoms with Crippen molar-refractivity contribution in [3.8, 4) is 33.4 Å². The molecular formula is C65H41NO2. The second-order valence-electron chi connectivity index (χ2n) is 17.9. The van der Waals surface area contributed by atoms with Gasteiger partial charge >= 0.3 is 0 Å². The van der Waals surface area contributed by atoms with Crippen LogP contribution in [0.4, 0.5) is 17.1 Å². The first-order valence-corrected chi connectivity index (χ1v) is 23.3. The fourth-order valence-electron chi connectivity index (χ4n) is 11.4. The van der Waals surface area contributed by atoms with E-state index in [2.05, 4.69) is 248 Å². The lowest BCUT2D eigenvalue weighted by Crippen LogP contribution is -2.28. The highest BCUT2D eigenvalue weighted by molar-refractivity contribution is 6.26. The molecule has 3 heteroatoms. The second kappa shape index (κ2) is 15.1. The summed E-state index contributed by atoms with van der Waals surface area (Å²) in [5, 5.41) is 6.48. The normalized spacial score (nSPS) is 12.8. The molecule has 13 aromatic rings. The Kier molecular flexibility index (Phi) is 8.50. The van der Waals surface area contributed by atoms with E-state index in [0.717, 1.165) is 83.2 Å². The molecule has 68 heavy (non-hydrogen) atoms. The van der Waals surface area contributed by atoms with E-state index in [-0.39, 0.29) is 0 Å². The van der Waals surface area contributed by atoms with Crippen LogP contribution in [0.3, 0.4) is 0 Å². The van der Waals surface area contributed by atoms with Crippen LogP contribution in [0.2, 0.25) is 0 Å². The van der Waals surface area contributed by atoms with Gasteiger partial charge in [-0.05, 0) is 115 Å². The predicted molar refractivity (Wildman–Crippen MR) is 281 cm³/mol. The predicted octanol–water partition coefficient (Wildman–Crippen LogP) is 17.8. The van der Waals surface area contributed by atoms with Crippen LogP contribution < -0.4 is 4.90 Å². The minimum absolute atomic E-state index is 0.571. The van der Waals surface area contributed by atoms with Crippen LogP contribution in [0.25, 0.3) is 88.0 Å². The van der Waals surface area contributed by atoms with Crippen molar-refractivity contribution in [3.63, 3.8) is 0 Å². The molecule has 11 aromatic carbocycles. The Morgan fingerprint density at radius 2 is 0.985 bits per heavy atom. The number of hydrogen-bond acceptors (Lipinski definition) is 3. The minimum atomic E-state index is -0.571. The molecule has 318 valence electrons. The molecule has 0 bridgehead atoms. The molecule has 0 aliphatic heterocycles. The van der Waals surface area contributed by atoms with Crippen LogP contribution in [-0.2, 0) is 5.41 Å². The zero-order valence-electron chi connectivity index (χ0n) is 36.9. The Bertz CT molecular complexity index is 4050. The number of para-hydroxylation sites is 1. The molecular weight excluding hydrogens is 827 g/mol. The van der Waals surface area contributed by atoms with Gasteiger partial charge in [0.25, 0.3) is 0 Å². The largest absolute Gasteiger partial charge is 0.456 e. The summed E-state index contributed by atoms with van der Waals surface area (Å²) in [6, 6.07) is 90.0. The maximum atomic E-state index is 7.23. The van der Waals surface area contributed by atoms with Gasteiger partial charge in [-0.15, -0.1) is 0 Å².